The number of H-pyrrole nitrogens is 1. The molecular formula is C24H44N12O5. The van der Waals surface area contributed by atoms with E-state index in [4.69, 9.17) is 28.7 Å². The average Bonchev–Trinajstić information content (AvgIpc) is 3.39. The fourth-order valence-corrected chi connectivity index (χ4v) is 3.76. The molecule has 0 saturated heterocycles. The van der Waals surface area contributed by atoms with Crippen molar-refractivity contribution < 1.29 is 24.3 Å². The highest BCUT2D eigenvalue weighted by Gasteiger charge is 2.30. The summed E-state index contributed by atoms with van der Waals surface area (Å²) in [6.45, 7) is 4.11. The molecule has 1 aromatic rings. The first-order valence-corrected chi connectivity index (χ1v) is 13.3. The molecule has 1 heterocycles. The van der Waals surface area contributed by atoms with Crippen molar-refractivity contribution in [3.05, 3.63) is 18.2 Å². The number of aromatic nitrogens is 2. The van der Waals surface area contributed by atoms with Gasteiger partial charge in [0.1, 0.15) is 18.1 Å². The lowest BCUT2D eigenvalue weighted by Gasteiger charge is -2.25. The number of carbonyl (C=O) groups excluding carboxylic acids is 3. The summed E-state index contributed by atoms with van der Waals surface area (Å²) in [4.78, 5) is 65.6. The number of nitrogens with one attached hydrogen (secondary N) is 4. The zero-order chi connectivity index (χ0) is 30.9. The van der Waals surface area contributed by atoms with Gasteiger partial charge in [0.2, 0.25) is 17.7 Å². The van der Waals surface area contributed by atoms with E-state index in [1.54, 1.807) is 0 Å². The molecule has 230 valence electrons. The van der Waals surface area contributed by atoms with Crippen LogP contribution in [0.5, 0.6) is 0 Å². The molecule has 0 bridgehead atoms. The molecule has 0 fully saturated rings. The number of aliphatic imine (C=N–C) groups is 2. The van der Waals surface area contributed by atoms with Crippen LogP contribution in [0, 0.1) is 5.92 Å². The first-order chi connectivity index (χ1) is 19.3. The lowest BCUT2D eigenvalue weighted by molar-refractivity contribution is -0.142. The number of carboxylic acids is 1. The molecule has 4 atom stereocenters. The second-order valence-corrected chi connectivity index (χ2v) is 9.94. The molecule has 17 heteroatoms. The Morgan fingerprint density at radius 3 is 1.93 bits per heavy atom. The highest BCUT2D eigenvalue weighted by molar-refractivity contribution is 5.94. The number of aliphatic carboxylic acids is 1. The van der Waals surface area contributed by atoms with Crippen LogP contribution in [-0.4, -0.2) is 87.9 Å². The number of nitrogens with two attached hydrogens (primary N) is 5. The van der Waals surface area contributed by atoms with Crippen LogP contribution in [-0.2, 0) is 25.6 Å². The topological polar surface area (TPSA) is 308 Å². The van der Waals surface area contributed by atoms with Crippen molar-refractivity contribution in [2.45, 2.75) is 76.5 Å². The molecule has 0 saturated carbocycles. The van der Waals surface area contributed by atoms with Gasteiger partial charge in [0.05, 0.1) is 12.4 Å². The van der Waals surface area contributed by atoms with Gasteiger partial charge in [-0.25, -0.2) is 9.78 Å². The predicted octanol–water partition coefficient (Wildman–Crippen LogP) is -3.03. The number of nitrogens with zero attached hydrogens (tertiary/aromatic N) is 3. The highest BCUT2D eigenvalue weighted by atomic mass is 16.4. The molecule has 4 unspecified atom stereocenters. The Balaban J connectivity index is 3.06. The maximum absolute atomic E-state index is 13.4. The molecule has 0 radical (unpaired) electrons. The number of carboxylic acid groups (broad SMARTS) is 1. The van der Waals surface area contributed by atoms with Crippen LogP contribution < -0.4 is 44.6 Å². The van der Waals surface area contributed by atoms with Crippen molar-refractivity contribution >= 4 is 35.6 Å². The molecule has 17 nitrogen and oxygen atoms in total. The number of hydrogen-bond acceptors (Lipinski definition) is 8. The number of rotatable bonds is 19. The third-order valence-corrected chi connectivity index (χ3v) is 5.82. The molecule has 0 spiro atoms. The van der Waals surface area contributed by atoms with E-state index in [0.717, 1.165) is 0 Å². The second-order valence-electron chi connectivity index (χ2n) is 9.94. The van der Waals surface area contributed by atoms with Crippen LogP contribution in [0.4, 0.5) is 0 Å². The molecule has 1 aromatic heterocycles. The standard InChI is InChI=1S/C24H44N12O5/c1-13(2)9-18(22(40)41)36-20(38)16(6-4-8-32-24(28)29)34-21(39)17(10-14-11-30-12-33-14)35-19(37)15(25)5-3-7-31-23(26)27/h11-13,15-18H,3-10,25H2,1-2H3,(H,30,33)(H,34,39)(H,35,37)(H,36,38)(H,40,41)(H4,26,27,31)(H4,28,29,32). The monoisotopic (exact) mass is 580 g/mol. The number of guanidine groups is 2. The molecule has 0 aromatic carbocycles. The van der Waals surface area contributed by atoms with Crippen LogP contribution in [0.15, 0.2) is 22.5 Å². The first kappa shape index (κ1) is 34.6. The van der Waals surface area contributed by atoms with Gasteiger partial charge in [-0.05, 0) is 38.0 Å². The van der Waals surface area contributed by atoms with Crippen molar-refractivity contribution in [1.29, 1.82) is 0 Å². The smallest absolute Gasteiger partial charge is 0.326 e. The van der Waals surface area contributed by atoms with Gasteiger partial charge < -0.3 is 54.7 Å². The summed E-state index contributed by atoms with van der Waals surface area (Å²) in [5, 5.41) is 17.3. The summed E-state index contributed by atoms with van der Waals surface area (Å²) in [6.07, 6.45) is 4.20. The van der Waals surface area contributed by atoms with Crippen molar-refractivity contribution in [2.24, 2.45) is 44.6 Å². The van der Waals surface area contributed by atoms with Gasteiger partial charge in [0, 0.05) is 31.4 Å². The molecule has 15 N–H and O–H groups in total. The number of imidazole rings is 1. The molecule has 3 amide bonds. The highest BCUT2D eigenvalue weighted by Crippen LogP contribution is 2.08. The SMILES string of the molecule is CC(C)CC(NC(=O)C(CCCN=C(N)N)NC(=O)C(Cc1cnc[nH]1)NC(=O)C(N)CCCN=C(N)N)C(=O)O. The predicted molar refractivity (Wildman–Crippen MR) is 153 cm³/mol. The maximum Gasteiger partial charge on any atom is 0.326 e. The van der Waals surface area contributed by atoms with E-state index in [1.165, 1.54) is 12.5 Å². The van der Waals surface area contributed by atoms with E-state index in [1.807, 2.05) is 13.8 Å². The average molecular weight is 581 g/mol. The fraction of sp³-hybridized carbons (Fsp3) is 0.625. The summed E-state index contributed by atoms with van der Waals surface area (Å²) in [5.74, 6) is -3.38. The lowest BCUT2D eigenvalue weighted by Crippen LogP contribution is -2.57. The van der Waals surface area contributed by atoms with Crippen molar-refractivity contribution in [3.8, 4) is 0 Å². The Kier molecular flexibility index (Phi) is 15.2. The van der Waals surface area contributed by atoms with Crippen LogP contribution in [0.25, 0.3) is 0 Å². The molecule has 1 rings (SSSR count). The van der Waals surface area contributed by atoms with Gasteiger partial charge in [-0.15, -0.1) is 0 Å². The van der Waals surface area contributed by atoms with Crippen LogP contribution in [0.1, 0.15) is 51.6 Å². The Labute approximate surface area is 238 Å². The minimum Gasteiger partial charge on any atom is -0.480 e. The molecule has 0 aliphatic heterocycles. The minimum absolute atomic E-state index is 0.0102. The normalized spacial score (nSPS) is 13.8. The van der Waals surface area contributed by atoms with E-state index in [0.29, 0.717) is 18.5 Å². The van der Waals surface area contributed by atoms with Crippen LogP contribution in [0.2, 0.25) is 0 Å². The molecule has 41 heavy (non-hydrogen) atoms. The summed E-state index contributed by atoms with van der Waals surface area (Å²) >= 11 is 0. The Bertz CT molecular complexity index is 1040. The summed E-state index contributed by atoms with van der Waals surface area (Å²) in [7, 11) is 0. The Morgan fingerprint density at radius 1 is 0.878 bits per heavy atom. The van der Waals surface area contributed by atoms with E-state index in [9.17, 15) is 24.3 Å². The van der Waals surface area contributed by atoms with Crippen molar-refractivity contribution in [2.75, 3.05) is 13.1 Å². The summed E-state index contributed by atoms with van der Waals surface area (Å²) in [6, 6.07) is -4.38. The molecule has 0 aliphatic carbocycles. The molecule has 0 aliphatic rings. The van der Waals surface area contributed by atoms with Crippen molar-refractivity contribution in [1.82, 2.24) is 25.9 Å². The van der Waals surface area contributed by atoms with Gasteiger partial charge >= 0.3 is 5.97 Å². The van der Waals surface area contributed by atoms with Crippen LogP contribution in [0.3, 0.4) is 0 Å². The van der Waals surface area contributed by atoms with E-state index < -0.39 is 47.9 Å². The van der Waals surface area contributed by atoms with E-state index in [-0.39, 0.29) is 56.6 Å². The number of hydrogen-bond donors (Lipinski definition) is 10. The zero-order valence-electron chi connectivity index (χ0n) is 23.5. The Hall–Kier alpha value is -4.41. The summed E-state index contributed by atoms with van der Waals surface area (Å²) in [5.41, 5.74) is 27.9. The Morgan fingerprint density at radius 2 is 1.41 bits per heavy atom. The zero-order valence-corrected chi connectivity index (χ0v) is 23.5. The third kappa shape index (κ3) is 14.5. The fourth-order valence-electron chi connectivity index (χ4n) is 3.76. The van der Waals surface area contributed by atoms with Gasteiger partial charge in [-0.3, -0.25) is 24.4 Å². The van der Waals surface area contributed by atoms with E-state index >= 15 is 0 Å². The maximum atomic E-state index is 13.4. The van der Waals surface area contributed by atoms with Gasteiger partial charge in [0.25, 0.3) is 0 Å². The number of amides is 3. The minimum atomic E-state index is -1.20. The number of aromatic amines is 1. The van der Waals surface area contributed by atoms with Crippen LogP contribution >= 0.6 is 0 Å². The number of carbonyl (C=O) groups is 4. The van der Waals surface area contributed by atoms with Gasteiger partial charge in [-0.2, -0.15) is 0 Å². The van der Waals surface area contributed by atoms with E-state index in [2.05, 4.69) is 35.9 Å². The third-order valence-electron chi connectivity index (χ3n) is 5.82. The second kappa shape index (κ2) is 18.0. The molecular weight excluding hydrogens is 536 g/mol. The van der Waals surface area contributed by atoms with Crippen molar-refractivity contribution in [3.63, 3.8) is 0 Å². The first-order valence-electron chi connectivity index (χ1n) is 13.3. The quantitative estimate of drug-likeness (QED) is 0.0445. The van der Waals surface area contributed by atoms with Gasteiger partial charge in [0.15, 0.2) is 11.9 Å². The lowest BCUT2D eigenvalue weighted by atomic mass is 10.0. The van der Waals surface area contributed by atoms with Gasteiger partial charge in [-0.1, -0.05) is 13.8 Å². The largest absolute Gasteiger partial charge is 0.480 e. The summed E-state index contributed by atoms with van der Waals surface area (Å²) < 4.78 is 0.